The summed E-state index contributed by atoms with van der Waals surface area (Å²) in [6.07, 6.45) is -0.815. The van der Waals surface area contributed by atoms with E-state index >= 15 is 0 Å². The van der Waals surface area contributed by atoms with Crippen molar-refractivity contribution in [1.82, 2.24) is 0 Å². The number of benzene rings is 2. The highest BCUT2D eigenvalue weighted by Crippen LogP contribution is 2.40. The molecule has 2 nitrogen and oxygen atoms in total. The maximum absolute atomic E-state index is 13.2. The first kappa shape index (κ1) is 12.1. The van der Waals surface area contributed by atoms with Crippen LogP contribution >= 0.6 is 0 Å². The lowest BCUT2D eigenvalue weighted by Crippen LogP contribution is -2.19. The van der Waals surface area contributed by atoms with E-state index in [1.54, 1.807) is 18.2 Å². The Balaban J connectivity index is 1.94. The fraction of sp³-hybridized carbons (Fsp3) is 0.200. The zero-order valence-electron chi connectivity index (χ0n) is 10.0. The van der Waals surface area contributed by atoms with E-state index in [1.807, 2.05) is 6.07 Å². The molecular formula is C15H12F2O2. The van der Waals surface area contributed by atoms with Gasteiger partial charge in [-0.05, 0) is 23.8 Å². The van der Waals surface area contributed by atoms with Gasteiger partial charge in [-0.15, -0.1) is 0 Å². The summed E-state index contributed by atoms with van der Waals surface area (Å²) in [5, 5.41) is 10.1. The molecule has 1 unspecified atom stereocenters. The van der Waals surface area contributed by atoms with Gasteiger partial charge in [0.15, 0.2) is 11.6 Å². The average molecular weight is 262 g/mol. The molecule has 1 aliphatic heterocycles. The minimum absolute atomic E-state index is 0.322. The van der Waals surface area contributed by atoms with Crippen molar-refractivity contribution in [3.05, 3.63) is 65.2 Å². The Labute approximate surface area is 109 Å². The molecule has 1 heterocycles. The number of fused-ring (bicyclic) bond motifs is 1. The molecule has 0 radical (unpaired) electrons. The van der Waals surface area contributed by atoms with Gasteiger partial charge >= 0.3 is 0 Å². The highest BCUT2D eigenvalue weighted by molar-refractivity contribution is 5.38. The van der Waals surface area contributed by atoms with Crippen molar-refractivity contribution in [2.24, 2.45) is 0 Å². The van der Waals surface area contributed by atoms with Gasteiger partial charge in [0, 0.05) is 12.0 Å². The molecule has 0 saturated carbocycles. The second-order valence-electron chi connectivity index (χ2n) is 4.57. The summed E-state index contributed by atoms with van der Waals surface area (Å²) in [5.74, 6) is -1.22. The van der Waals surface area contributed by atoms with Crippen molar-refractivity contribution in [2.45, 2.75) is 18.6 Å². The molecule has 0 aliphatic carbocycles. The first-order valence-electron chi connectivity index (χ1n) is 6.04. The zero-order chi connectivity index (χ0) is 13.4. The third kappa shape index (κ3) is 2.19. The molecule has 0 amide bonds. The monoisotopic (exact) mass is 262 g/mol. The zero-order valence-corrected chi connectivity index (χ0v) is 10.0. The van der Waals surface area contributed by atoms with Gasteiger partial charge in [0.05, 0.1) is 6.10 Å². The number of para-hydroxylation sites is 1. The topological polar surface area (TPSA) is 29.5 Å². The van der Waals surface area contributed by atoms with Crippen LogP contribution in [0.25, 0.3) is 0 Å². The van der Waals surface area contributed by atoms with Crippen molar-refractivity contribution in [1.29, 1.82) is 0 Å². The van der Waals surface area contributed by atoms with Crippen LogP contribution in [0.2, 0.25) is 0 Å². The molecule has 0 aromatic heterocycles. The quantitative estimate of drug-likeness (QED) is 0.852. The van der Waals surface area contributed by atoms with E-state index in [0.29, 0.717) is 17.7 Å². The Morgan fingerprint density at radius 2 is 1.84 bits per heavy atom. The van der Waals surface area contributed by atoms with Crippen LogP contribution in [0.15, 0.2) is 42.5 Å². The molecule has 4 heteroatoms. The van der Waals surface area contributed by atoms with Gasteiger partial charge in [-0.2, -0.15) is 0 Å². The third-order valence-electron chi connectivity index (χ3n) is 3.30. The molecular weight excluding hydrogens is 250 g/mol. The van der Waals surface area contributed by atoms with E-state index in [2.05, 4.69) is 0 Å². The molecule has 0 saturated heterocycles. The van der Waals surface area contributed by atoms with Crippen LogP contribution in [-0.4, -0.2) is 5.11 Å². The molecule has 1 aliphatic rings. The Hall–Kier alpha value is -1.94. The van der Waals surface area contributed by atoms with Crippen molar-refractivity contribution in [3.8, 4) is 5.75 Å². The Kier molecular flexibility index (Phi) is 2.95. The van der Waals surface area contributed by atoms with Crippen LogP contribution in [0, 0.1) is 11.6 Å². The van der Waals surface area contributed by atoms with Crippen LogP contribution < -0.4 is 4.74 Å². The molecule has 98 valence electrons. The van der Waals surface area contributed by atoms with Crippen molar-refractivity contribution < 1.29 is 18.6 Å². The van der Waals surface area contributed by atoms with Crippen molar-refractivity contribution >= 4 is 0 Å². The third-order valence-corrected chi connectivity index (χ3v) is 3.30. The molecule has 3 rings (SSSR count). The standard InChI is InChI=1S/C15H12F2O2/c16-11-6-5-9(7-12(11)17)15-8-13(18)10-3-1-2-4-14(10)19-15/h1-7,13,15,18H,8H2/t13-,15?/m1/s1. The average Bonchev–Trinajstić information content (AvgIpc) is 2.42. The fourth-order valence-corrected chi connectivity index (χ4v) is 2.31. The predicted octanol–water partition coefficient (Wildman–Crippen LogP) is 3.52. The molecule has 1 N–H and O–H groups in total. The molecule has 0 spiro atoms. The van der Waals surface area contributed by atoms with E-state index in [1.165, 1.54) is 6.07 Å². The van der Waals surface area contributed by atoms with Gasteiger partial charge in [0.25, 0.3) is 0 Å². The van der Waals surface area contributed by atoms with E-state index in [4.69, 9.17) is 4.74 Å². The van der Waals surface area contributed by atoms with Crippen LogP contribution in [0.4, 0.5) is 8.78 Å². The largest absolute Gasteiger partial charge is 0.485 e. The second kappa shape index (κ2) is 4.63. The highest BCUT2D eigenvalue weighted by atomic mass is 19.2. The minimum Gasteiger partial charge on any atom is -0.485 e. The minimum atomic E-state index is -0.908. The molecule has 2 atom stereocenters. The van der Waals surface area contributed by atoms with Gasteiger partial charge in [-0.25, -0.2) is 8.78 Å². The maximum atomic E-state index is 13.2. The first-order valence-corrected chi connectivity index (χ1v) is 6.04. The summed E-state index contributed by atoms with van der Waals surface area (Å²) >= 11 is 0. The van der Waals surface area contributed by atoms with Gasteiger partial charge in [-0.3, -0.25) is 0 Å². The van der Waals surface area contributed by atoms with Crippen LogP contribution in [0.3, 0.4) is 0 Å². The summed E-state index contributed by atoms with van der Waals surface area (Å²) in [6.45, 7) is 0. The molecule has 2 aromatic rings. The number of rotatable bonds is 1. The maximum Gasteiger partial charge on any atom is 0.159 e. The summed E-state index contributed by atoms with van der Waals surface area (Å²) < 4.78 is 31.9. The van der Waals surface area contributed by atoms with E-state index < -0.39 is 23.8 Å². The number of aliphatic hydroxyl groups is 1. The molecule has 0 bridgehead atoms. The van der Waals surface area contributed by atoms with E-state index in [0.717, 1.165) is 17.7 Å². The van der Waals surface area contributed by atoms with E-state index in [-0.39, 0.29) is 0 Å². The second-order valence-corrected chi connectivity index (χ2v) is 4.57. The Morgan fingerprint density at radius 3 is 2.63 bits per heavy atom. The van der Waals surface area contributed by atoms with Gasteiger partial charge in [0.1, 0.15) is 11.9 Å². The molecule has 2 aromatic carbocycles. The van der Waals surface area contributed by atoms with Gasteiger partial charge in [0.2, 0.25) is 0 Å². The van der Waals surface area contributed by atoms with Crippen LogP contribution in [0.5, 0.6) is 5.75 Å². The normalized spacial score (nSPS) is 21.6. The number of hydrogen-bond acceptors (Lipinski definition) is 2. The fourth-order valence-electron chi connectivity index (χ4n) is 2.31. The number of hydrogen-bond donors (Lipinski definition) is 1. The van der Waals surface area contributed by atoms with Crippen LogP contribution in [0.1, 0.15) is 29.8 Å². The summed E-state index contributed by atoms with van der Waals surface area (Å²) in [6, 6.07) is 10.8. The van der Waals surface area contributed by atoms with Crippen LogP contribution in [-0.2, 0) is 0 Å². The van der Waals surface area contributed by atoms with Crippen molar-refractivity contribution in [3.63, 3.8) is 0 Å². The number of aliphatic hydroxyl groups excluding tert-OH is 1. The number of ether oxygens (including phenoxy) is 1. The number of halogens is 2. The molecule has 19 heavy (non-hydrogen) atoms. The lowest BCUT2D eigenvalue weighted by atomic mass is 9.95. The SMILES string of the molecule is O[C@@H]1CC(c2ccc(F)c(F)c2)Oc2ccccc21. The highest BCUT2D eigenvalue weighted by Gasteiger charge is 2.28. The Morgan fingerprint density at radius 1 is 1.05 bits per heavy atom. The van der Waals surface area contributed by atoms with E-state index in [9.17, 15) is 13.9 Å². The van der Waals surface area contributed by atoms with Gasteiger partial charge in [-0.1, -0.05) is 24.3 Å². The summed E-state index contributed by atoms with van der Waals surface area (Å²) in [5.41, 5.74) is 1.24. The summed E-state index contributed by atoms with van der Waals surface area (Å²) in [4.78, 5) is 0. The van der Waals surface area contributed by atoms with Crippen molar-refractivity contribution in [2.75, 3.05) is 0 Å². The summed E-state index contributed by atoms with van der Waals surface area (Å²) in [7, 11) is 0. The Bertz CT molecular complexity index is 613. The predicted molar refractivity (Wildman–Crippen MR) is 65.7 cm³/mol. The van der Waals surface area contributed by atoms with Gasteiger partial charge < -0.3 is 9.84 Å². The first-order chi connectivity index (χ1) is 9.15. The lowest BCUT2D eigenvalue weighted by Gasteiger charge is -2.29. The lowest BCUT2D eigenvalue weighted by molar-refractivity contribution is 0.0655. The molecule has 0 fully saturated rings. The smallest absolute Gasteiger partial charge is 0.159 e.